The molecule has 4 nitrogen and oxygen atoms in total. The Morgan fingerprint density at radius 2 is 2.11 bits per heavy atom. The Hall–Kier alpha value is -0.810. The van der Waals surface area contributed by atoms with Gasteiger partial charge in [0.2, 0.25) is 0 Å². The monoisotopic (exact) mass is 331 g/mol. The first-order chi connectivity index (χ1) is 9.04. The van der Waals surface area contributed by atoms with Crippen LogP contribution in [0.2, 0.25) is 0 Å². The van der Waals surface area contributed by atoms with E-state index in [1.807, 2.05) is 17.9 Å². The molecule has 0 N–H and O–H groups in total. The van der Waals surface area contributed by atoms with Crippen LogP contribution < -0.4 is 0 Å². The van der Waals surface area contributed by atoms with Crippen molar-refractivity contribution in [2.75, 3.05) is 20.3 Å². The second-order valence-corrected chi connectivity index (χ2v) is 5.31. The Labute approximate surface area is 123 Å². The molecule has 1 heterocycles. The fourth-order valence-corrected chi connectivity index (χ4v) is 2.66. The van der Waals surface area contributed by atoms with Gasteiger partial charge in [-0.05, 0) is 41.8 Å². The number of furan rings is 1. The van der Waals surface area contributed by atoms with Gasteiger partial charge in [0, 0.05) is 25.3 Å². The topological polar surface area (TPSA) is 42.7 Å². The van der Waals surface area contributed by atoms with Crippen molar-refractivity contribution in [3.63, 3.8) is 0 Å². The Morgan fingerprint density at radius 1 is 1.47 bits per heavy atom. The number of carbonyl (C=O) groups excluding carboxylic acids is 1. The number of aryl methyl sites for hydroxylation is 1. The Balaban J connectivity index is 2.96. The van der Waals surface area contributed by atoms with Gasteiger partial charge in [-0.1, -0.05) is 13.8 Å². The largest absolute Gasteiger partial charge is 0.444 e. The van der Waals surface area contributed by atoms with E-state index >= 15 is 0 Å². The van der Waals surface area contributed by atoms with Crippen LogP contribution in [0, 0.1) is 6.92 Å². The average Bonchev–Trinajstić information content (AvgIpc) is 2.73. The summed E-state index contributed by atoms with van der Waals surface area (Å²) in [6, 6.07) is 2.03. The highest BCUT2D eigenvalue weighted by Gasteiger charge is 2.26. The molecule has 0 aliphatic rings. The zero-order valence-electron chi connectivity index (χ0n) is 12.0. The van der Waals surface area contributed by atoms with Gasteiger partial charge in [-0.2, -0.15) is 0 Å². The van der Waals surface area contributed by atoms with E-state index in [1.54, 1.807) is 7.11 Å². The van der Waals surface area contributed by atoms with E-state index in [4.69, 9.17) is 9.15 Å². The zero-order valence-corrected chi connectivity index (χ0v) is 13.6. The van der Waals surface area contributed by atoms with Crippen molar-refractivity contribution < 1.29 is 13.9 Å². The molecule has 0 aliphatic carbocycles. The van der Waals surface area contributed by atoms with Crippen LogP contribution in [0.1, 0.15) is 42.8 Å². The van der Waals surface area contributed by atoms with Gasteiger partial charge in [0.15, 0.2) is 10.4 Å². The fourth-order valence-electron chi connectivity index (χ4n) is 2.16. The fraction of sp³-hybridized carbons (Fsp3) is 0.643. The number of hydrogen-bond donors (Lipinski definition) is 0. The highest BCUT2D eigenvalue weighted by atomic mass is 79.9. The molecule has 0 fully saturated rings. The SMILES string of the molecule is CCC(CC)N(CCOC)C(=O)c1oc(Br)cc1C. The first-order valence-electron chi connectivity index (χ1n) is 6.60. The van der Waals surface area contributed by atoms with E-state index < -0.39 is 0 Å². The predicted octanol–water partition coefficient (Wildman–Crippen LogP) is 3.63. The van der Waals surface area contributed by atoms with Crippen molar-refractivity contribution in [1.82, 2.24) is 4.90 Å². The minimum Gasteiger partial charge on any atom is -0.444 e. The lowest BCUT2D eigenvalue weighted by Gasteiger charge is -2.29. The van der Waals surface area contributed by atoms with Crippen LogP contribution in [0.15, 0.2) is 15.2 Å². The second kappa shape index (κ2) is 7.70. The minimum atomic E-state index is -0.0612. The maximum atomic E-state index is 12.6. The molecule has 1 rings (SSSR count). The molecule has 1 aromatic heterocycles. The molecule has 0 saturated carbocycles. The molecule has 1 amide bonds. The van der Waals surface area contributed by atoms with Crippen LogP contribution >= 0.6 is 15.9 Å². The van der Waals surface area contributed by atoms with E-state index in [1.165, 1.54) is 0 Å². The first kappa shape index (κ1) is 16.2. The summed E-state index contributed by atoms with van der Waals surface area (Å²) in [5.74, 6) is 0.351. The number of methoxy groups -OCH3 is 1. The summed E-state index contributed by atoms with van der Waals surface area (Å²) >= 11 is 3.26. The van der Waals surface area contributed by atoms with Gasteiger partial charge in [-0.25, -0.2) is 0 Å². The third kappa shape index (κ3) is 4.08. The Bertz CT molecular complexity index is 413. The predicted molar refractivity (Wildman–Crippen MR) is 78.4 cm³/mol. The van der Waals surface area contributed by atoms with Crippen molar-refractivity contribution in [3.8, 4) is 0 Å². The van der Waals surface area contributed by atoms with Crippen LogP contribution in [0.4, 0.5) is 0 Å². The summed E-state index contributed by atoms with van der Waals surface area (Å²) in [5.41, 5.74) is 0.852. The smallest absolute Gasteiger partial charge is 0.290 e. The minimum absolute atomic E-state index is 0.0612. The van der Waals surface area contributed by atoms with Crippen molar-refractivity contribution >= 4 is 21.8 Å². The van der Waals surface area contributed by atoms with Gasteiger partial charge >= 0.3 is 0 Å². The second-order valence-electron chi connectivity index (χ2n) is 4.52. The number of rotatable bonds is 7. The maximum Gasteiger partial charge on any atom is 0.290 e. The van der Waals surface area contributed by atoms with Crippen LogP contribution in [-0.2, 0) is 4.74 Å². The number of ether oxygens (including phenoxy) is 1. The molecule has 0 aromatic carbocycles. The molecule has 0 aliphatic heterocycles. The molecule has 0 radical (unpaired) electrons. The zero-order chi connectivity index (χ0) is 14.4. The third-order valence-corrected chi connectivity index (χ3v) is 3.65. The average molecular weight is 332 g/mol. The molecule has 0 saturated heterocycles. The molecule has 0 bridgehead atoms. The number of hydrogen-bond acceptors (Lipinski definition) is 3. The summed E-state index contributed by atoms with van der Waals surface area (Å²) in [7, 11) is 1.64. The van der Waals surface area contributed by atoms with Gasteiger partial charge in [0.05, 0.1) is 6.61 Å². The van der Waals surface area contributed by atoms with E-state index in [0.717, 1.165) is 18.4 Å². The lowest BCUT2D eigenvalue weighted by Crippen LogP contribution is -2.41. The van der Waals surface area contributed by atoms with Gasteiger partial charge < -0.3 is 14.1 Å². The highest BCUT2D eigenvalue weighted by molar-refractivity contribution is 9.10. The van der Waals surface area contributed by atoms with E-state index in [9.17, 15) is 4.79 Å². The first-order valence-corrected chi connectivity index (χ1v) is 7.40. The maximum absolute atomic E-state index is 12.6. The molecule has 19 heavy (non-hydrogen) atoms. The summed E-state index contributed by atoms with van der Waals surface area (Å²) in [6.45, 7) is 7.17. The van der Waals surface area contributed by atoms with Crippen molar-refractivity contribution in [2.45, 2.75) is 39.7 Å². The van der Waals surface area contributed by atoms with Crippen LogP contribution in [0.5, 0.6) is 0 Å². The van der Waals surface area contributed by atoms with Gasteiger partial charge in [0.1, 0.15) is 0 Å². The van der Waals surface area contributed by atoms with Crippen molar-refractivity contribution in [1.29, 1.82) is 0 Å². The van der Waals surface area contributed by atoms with Crippen LogP contribution in [-0.4, -0.2) is 37.1 Å². The summed E-state index contributed by atoms with van der Waals surface area (Å²) in [4.78, 5) is 14.4. The van der Waals surface area contributed by atoms with E-state index in [2.05, 4.69) is 29.8 Å². The number of nitrogens with zero attached hydrogens (tertiary/aromatic N) is 1. The molecule has 1 aromatic rings. The van der Waals surface area contributed by atoms with Gasteiger partial charge in [-0.15, -0.1) is 0 Å². The van der Waals surface area contributed by atoms with Gasteiger partial charge in [0.25, 0.3) is 5.91 Å². The lowest BCUT2D eigenvalue weighted by molar-refractivity contribution is 0.0556. The normalized spacial score (nSPS) is 11.1. The van der Waals surface area contributed by atoms with Crippen LogP contribution in [0.3, 0.4) is 0 Å². The van der Waals surface area contributed by atoms with Crippen molar-refractivity contribution in [2.24, 2.45) is 0 Å². The van der Waals surface area contributed by atoms with E-state index in [-0.39, 0.29) is 11.9 Å². The lowest BCUT2D eigenvalue weighted by atomic mass is 10.1. The number of halogens is 1. The molecule has 5 heteroatoms. The van der Waals surface area contributed by atoms with Crippen molar-refractivity contribution in [3.05, 3.63) is 22.1 Å². The summed E-state index contributed by atoms with van der Waals surface area (Å²) in [6.07, 6.45) is 1.85. The molecule has 108 valence electrons. The van der Waals surface area contributed by atoms with Crippen LogP contribution in [0.25, 0.3) is 0 Å². The quantitative estimate of drug-likeness (QED) is 0.766. The molecule has 0 atom stereocenters. The molecular formula is C14H22BrNO3. The Morgan fingerprint density at radius 3 is 2.53 bits per heavy atom. The Kier molecular flexibility index (Phi) is 6.58. The summed E-state index contributed by atoms with van der Waals surface area (Å²) < 4.78 is 11.1. The molecule has 0 spiro atoms. The summed E-state index contributed by atoms with van der Waals surface area (Å²) in [5, 5.41) is 0. The highest BCUT2D eigenvalue weighted by Crippen LogP contribution is 2.22. The molecule has 0 unspecified atom stereocenters. The standard InChI is InChI=1S/C14H22BrNO3/c1-5-11(6-2)16(7-8-18-4)14(17)13-10(3)9-12(15)19-13/h9,11H,5-8H2,1-4H3. The van der Waals surface area contributed by atoms with E-state index in [0.29, 0.717) is 23.6 Å². The number of carbonyl (C=O) groups is 1. The third-order valence-electron chi connectivity index (χ3n) is 3.26. The van der Waals surface area contributed by atoms with Gasteiger partial charge in [-0.3, -0.25) is 4.79 Å². The molecular weight excluding hydrogens is 310 g/mol. The number of amides is 1.